The van der Waals surface area contributed by atoms with E-state index in [1.807, 2.05) is 0 Å². The summed E-state index contributed by atoms with van der Waals surface area (Å²) in [5.41, 5.74) is 0.681. The fourth-order valence-electron chi connectivity index (χ4n) is 2.63. The average Bonchev–Trinajstić information content (AvgIpc) is 2.51. The van der Waals surface area contributed by atoms with Crippen molar-refractivity contribution in [2.24, 2.45) is 5.92 Å². The molecule has 126 valence electrons. The number of sulfonamides is 1. The average molecular weight is 376 g/mol. The summed E-state index contributed by atoms with van der Waals surface area (Å²) in [5.74, 6) is 2.55. The number of nitrogens with zero attached hydrogens (tertiary/aromatic N) is 1. The molecule has 0 aliphatic carbocycles. The van der Waals surface area contributed by atoms with Crippen LogP contribution in [0.4, 0.5) is 0 Å². The number of ether oxygens (including phenoxy) is 1. The van der Waals surface area contributed by atoms with Crippen LogP contribution >= 0.6 is 23.2 Å². The van der Waals surface area contributed by atoms with Crippen molar-refractivity contribution in [3.05, 3.63) is 27.7 Å². The lowest BCUT2D eigenvalue weighted by atomic mass is 10.0. The van der Waals surface area contributed by atoms with Gasteiger partial charge in [-0.15, -0.1) is 6.42 Å². The van der Waals surface area contributed by atoms with Gasteiger partial charge in [-0.05, 0) is 43.4 Å². The van der Waals surface area contributed by atoms with Gasteiger partial charge in [0.1, 0.15) is 11.5 Å². The minimum Gasteiger partial charge on any atom is -0.368 e. The maximum absolute atomic E-state index is 12.9. The van der Waals surface area contributed by atoms with Gasteiger partial charge in [-0.25, -0.2) is 8.42 Å². The highest BCUT2D eigenvalue weighted by Crippen LogP contribution is 2.32. The lowest BCUT2D eigenvalue weighted by Crippen LogP contribution is -2.41. The third-order valence-electron chi connectivity index (χ3n) is 3.85. The zero-order chi connectivity index (χ0) is 17.0. The first kappa shape index (κ1) is 18.6. The molecule has 0 unspecified atom stereocenters. The van der Waals surface area contributed by atoms with Crippen molar-refractivity contribution in [3.63, 3.8) is 0 Å². The molecule has 1 heterocycles. The summed E-state index contributed by atoms with van der Waals surface area (Å²) < 4.78 is 32.6. The van der Waals surface area contributed by atoms with E-state index in [1.165, 1.54) is 16.4 Å². The fraction of sp³-hybridized carbons (Fsp3) is 0.500. The summed E-state index contributed by atoms with van der Waals surface area (Å²) in [6.07, 6.45) is 6.86. The molecular weight excluding hydrogens is 357 g/mol. The number of hydrogen-bond donors (Lipinski definition) is 0. The highest BCUT2D eigenvalue weighted by molar-refractivity contribution is 7.89. The molecule has 1 aromatic rings. The Morgan fingerprint density at radius 2 is 2.13 bits per heavy atom. The van der Waals surface area contributed by atoms with Gasteiger partial charge in [-0.1, -0.05) is 29.1 Å². The van der Waals surface area contributed by atoms with Crippen LogP contribution in [0, 0.1) is 25.2 Å². The second-order valence-electron chi connectivity index (χ2n) is 5.62. The van der Waals surface area contributed by atoms with E-state index < -0.39 is 10.0 Å². The van der Waals surface area contributed by atoms with Crippen molar-refractivity contribution in [1.29, 1.82) is 0 Å². The van der Waals surface area contributed by atoms with Crippen molar-refractivity contribution in [2.45, 2.75) is 24.7 Å². The molecule has 0 bridgehead atoms. The minimum absolute atomic E-state index is 0.103. The van der Waals surface area contributed by atoms with Gasteiger partial charge in [0.25, 0.3) is 0 Å². The molecule has 1 aliphatic rings. The van der Waals surface area contributed by atoms with E-state index in [9.17, 15) is 8.42 Å². The number of benzene rings is 1. The van der Waals surface area contributed by atoms with E-state index in [2.05, 4.69) is 5.92 Å². The van der Waals surface area contributed by atoms with Gasteiger partial charge < -0.3 is 4.74 Å². The largest absolute Gasteiger partial charge is 0.368 e. The van der Waals surface area contributed by atoms with Crippen LogP contribution < -0.4 is 0 Å². The van der Waals surface area contributed by atoms with Crippen LogP contribution in [0.1, 0.15) is 18.4 Å². The lowest BCUT2D eigenvalue weighted by Gasteiger charge is -2.32. The summed E-state index contributed by atoms with van der Waals surface area (Å²) in [6.45, 7) is 3.34. The monoisotopic (exact) mass is 375 g/mol. The van der Waals surface area contributed by atoms with Gasteiger partial charge >= 0.3 is 0 Å². The van der Waals surface area contributed by atoms with Crippen molar-refractivity contribution in [2.75, 3.05) is 26.3 Å². The van der Waals surface area contributed by atoms with Crippen LogP contribution in [0.25, 0.3) is 0 Å². The number of rotatable bonds is 5. The Bertz CT molecular complexity index is 713. The Labute approximate surface area is 147 Å². The molecule has 0 spiro atoms. The first-order chi connectivity index (χ1) is 10.9. The molecule has 23 heavy (non-hydrogen) atoms. The van der Waals surface area contributed by atoms with Crippen LogP contribution in [0.15, 0.2) is 17.0 Å². The predicted molar refractivity (Wildman–Crippen MR) is 92.3 cm³/mol. The van der Waals surface area contributed by atoms with Crippen LogP contribution in [-0.4, -0.2) is 39.0 Å². The Balaban J connectivity index is 2.19. The van der Waals surface area contributed by atoms with Crippen molar-refractivity contribution >= 4 is 33.2 Å². The van der Waals surface area contributed by atoms with Gasteiger partial charge in [-0.2, -0.15) is 4.31 Å². The number of piperidine rings is 1. The molecule has 0 radical (unpaired) electrons. The summed E-state index contributed by atoms with van der Waals surface area (Å²) >= 11 is 12.1. The summed E-state index contributed by atoms with van der Waals surface area (Å²) in [6, 6.07) is 3.00. The molecule has 0 N–H and O–H groups in total. The number of hydrogen-bond acceptors (Lipinski definition) is 3. The van der Waals surface area contributed by atoms with E-state index in [4.69, 9.17) is 34.4 Å². The first-order valence-corrected chi connectivity index (χ1v) is 9.53. The zero-order valence-corrected chi connectivity index (χ0v) is 15.2. The van der Waals surface area contributed by atoms with Crippen LogP contribution in [0.3, 0.4) is 0 Å². The third-order valence-corrected chi connectivity index (χ3v) is 6.59. The Kier molecular flexibility index (Phi) is 6.35. The van der Waals surface area contributed by atoms with Crippen LogP contribution in [0.5, 0.6) is 0 Å². The Hall–Kier alpha value is -0.770. The fourth-order valence-corrected chi connectivity index (χ4v) is 4.99. The molecule has 1 aromatic carbocycles. The molecule has 4 nitrogen and oxygen atoms in total. The summed E-state index contributed by atoms with van der Waals surface area (Å²) in [7, 11) is -3.65. The maximum Gasteiger partial charge on any atom is 0.244 e. The van der Waals surface area contributed by atoms with E-state index in [0.717, 1.165) is 12.8 Å². The maximum atomic E-state index is 12.9. The zero-order valence-electron chi connectivity index (χ0n) is 12.9. The van der Waals surface area contributed by atoms with Crippen LogP contribution in [0.2, 0.25) is 10.0 Å². The number of aryl methyl sites for hydroxylation is 1. The molecule has 0 amide bonds. The second-order valence-corrected chi connectivity index (χ2v) is 8.34. The highest BCUT2D eigenvalue weighted by atomic mass is 35.5. The molecule has 1 aliphatic heterocycles. The Morgan fingerprint density at radius 3 is 2.83 bits per heavy atom. The molecule has 7 heteroatoms. The van der Waals surface area contributed by atoms with Crippen molar-refractivity contribution < 1.29 is 13.2 Å². The topological polar surface area (TPSA) is 46.6 Å². The second kappa shape index (κ2) is 7.87. The van der Waals surface area contributed by atoms with Gasteiger partial charge in [0.15, 0.2) is 0 Å². The van der Waals surface area contributed by atoms with Gasteiger partial charge in [0.05, 0.1) is 11.6 Å². The van der Waals surface area contributed by atoms with Gasteiger partial charge in [-0.3, -0.25) is 0 Å². The highest BCUT2D eigenvalue weighted by Gasteiger charge is 2.32. The van der Waals surface area contributed by atoms with Crippen molar-refractivity contribution in [3.8, 4) is 12.3 Å². The first-order valence-electron chi connectivity index (χ1n) is 7.33. The molecule has 2 rings (SSSR count). The summed E-state index contributed by atoms with van der Waals surface area (Å²) in [4.78, 5) is 0.103. The SMILES string of the molecule is C#CCOC[C@@H]1CCCN(S(=O)(=O)c2cc(C)c(Cl)cc2Cl)C1. The van der Waals surface area contributed by atoms with Crippen LogP contribution in [-0.2, 0) is 14.8 Å². The Morgan fingerprint density at radius 1 is 1.39 bits per heavy atom. The molecule has 0 aromatic heterocycles. The van der Waals surface area contributed by atoms with E-state index >= 15 is 0 Å². The third kappa shape index (κ3) is 4.40. The smallest absolute Gasteiger partial charge is 0.244 e. The molecular formula is C16H19Cl2NO3S. The van der Waals surface area contributed by atoms with E-state index in [-0.39, 0.29) is 22.4 Å². The molecule has 1 atom stereocenters. The molecule has 0 saturated carbocycles. The number of halogens is 2. The normalized spacial score (nSPS) is 19.5. The quantitative estimate of drug-likeness (QED) is 0.585. The summed E-state index contributed by atoms with van der Waals surface area (Å²) in [5, 5.41) is 0.597. The van der Waals surface area contributed by atoms with Crippen molar-refractivity contribution in [1.82, 2.24) is 4.31 Å². The standard InChI is InChI=1S/C16H19Cl2NO3S/c1-3-7-22-11-13-5-4-6-19(10-13)23(20,21)16-8-12(2)14(17)9-15(16)18/h1,8-9,13H,4-7,10-11H2,2H3/t13-/m1/s1. The minimum atomic E-state index is -3.65. The number of terminal acetylenes is 1. The van der Waals surface area contributed by atoms with E-state index in [1.54, 1.807) is 6.92 Å². The van der Waals surface area contributed by atoms with Gasteiger partial charge in [0, 0.05) is 18.1 Å². The molecule has 1 fully saturated rings. The van der Waals surface area contributed by atoms with E-state index in [0.29, 0.717) is 30.3 Å². The molecule has 1 saturated heterocycles. The van der Waals surface area contributed by atoms with Gasteiger partial charge in [0.2, 0.25) is 10.0 Å². The predicted octanol–water partition coefficient (Wildman–Crippen LogP) is 3.35. The lowest BCUT2D eigenvalue weighted by molar-refractivity contribution is 0.0990.